The third-order valence-electron chi connectivity index (χ3n) is 7.49. The van der Waals surface area contributed by atoms with E-state index in [2.05, 4.69) is 5.10 Å². The van der Waals surface area contributed by atoms with Crippen molar-refractivity contribution in [2.24, 2.45) is 0 Å². The fourth-order valence-electron chi connectivity index (χ4n) is 5.52. The van der Waals surface area contributed by atoms with E-state index in [4.69, 9.17) is 0 Å². The van der Waals surface area contributed by atoms with Crippen molar-refractivity contribution in [3.8, 4) is 0 Å². The summed E-state index contributed by atoms with van der Waals surface area (Å²) in [5.41, 5.74) is 0.751. The Labute approximate surface area is 259 Å². The van der Waals surface area contributed by atoms with Crippen molar-refractivity contribution in [2.75, 3.05) is 5.32 Å². The van der Waals surface area contributed by atoms with Gasteiger partial charge >= 0.3 is 12.1 Å². The lowest BCUT2D eigenvalue weighted by atomic mass is 9.77. The molecule has 6 rings (SSSR count). The lowest BCUT2D eigenvalue weighted by molar-refractivity contribution is -0.167. The van der Waals surface area contributed by atoms with Gasteiger partial charge in [-0.1, -0.05) is 91.0 Å². The van der Waals surface area contributed by atoms with E-state index in [1.54, 1.807) is 59.9 Å². The molecule has 0 fully saturated rings. The van der Waals surface area contributed by atoms with Gasteiger partial charge in [0.05, 0.1) is 15.3 Å². The molecule has 0 atom stereocenters. The third-order valence-corrected chi connectivity index (χ3v) is 9.22. The van der Waals surface area contributed by atoms with E-state index in [9.17, 15) is 35.2 Å². The molecule has 0 saturated carbocycles. The van der Waals surface area contributed by atoms with Crippen molar-refractivity contribution >= 4 is 32.5 Å². The highest BCUT2D eigenvalue weighted by Crippen LogP contribution is 2.44. The molecule has 1 aromatic heterocycles. The number of fused-ring (bicyclic) bond motifs is 1. The van der Waals surface area contributed by atoms with Crippen LogP contribution in [0.5, 0.6) is 0 Å². The molecule has 6 aromatic rings. The summed E-state index contributed by atoms with van der Waals surface area (Å²) in [6, 6.07) is 32.3. The molecular formula is C34H22F5N3O3S. The molecule has 0 aliphatic rings. The molecule has 5 aromatic carbocycles. The number of benzene rings is 5. The van der Waals surface area contributed by atoms with E-state index >= 15 is 0 Å². The Balaban J connectivity index is 1.71. The topological polar surface area (TPSA) is 81.1 Å². The minimum Gasteiger partial charge on any atom is -0.301 e. The van der Waals surface area contributed by atoms with Crippen molar-refractivity contribution in [1.29, 1.82) is 0 Å². The summed E-state index contributed by atoms with van der Waals surface area (Å²) >= 11 is 0. The number of hydrogen-bond acceptors (Lipinski definition) is 4. The van der Waals surface area contributed by atoms with Crippen LogP contribution >= 0.6 is 0 Å². The van der Waals surface area contributed by atoms with Gasteiger partial charge in [0.2, 0.25) is 9.84 Å². The first-order chi connectivity index (χ1) is 21.9. The molecule has 0 aliphatic carbocycles. The maximum Gasteiger partial charge on any atom is 0.471 e. The number of sulfone groups is 1. The van der Waals surface area contributed by atoms with E-state index in [1.807, 2.05) is 36.4 Å². The summed E-state index contributed by atoms with van der Waals surface area (Å²) in [5, 5.41) is 6.17. The van der Waals surface area contributed by atoms with Gasteiger partial charge in [-0.05, 0) is 47.0 Å². The van der Waals surface area contributed by atoms with Crippen molar-refractivity contribution in [1.82, 2.24) is 9.78 Å². The maximum absolute atomic E-state index is 14.0. The first-order valence-electron chi connectivity index (χ1n) is 13.7. The number of nitrogens with one attached hydrogen (secondary N) is 1. The number of amides is 1. The molecule has 0 aliphatic heterocycles. The van der Waals surface area contributed by atoms with Gasteiger partial charge in [0.25, 0.3) is 0 Å². The Morgan fingerprint density at radius 3 is 1.59 bits per heavy atom. The smallest absolute Gasteiger partial charge is 0.301 e. The highest BCUT2D eigenvalue weighted by molar-refractivity contribution is 7.91. The molecule has 0 bridgehead atoms. The maximum atomic E-state index is 14.0. The summed E-state index contributed by atoms with van der Waals surface area (Å²) in [6.45, 7) is 0. The number of aromatic nitrogens is 2. The van der Waals surface area contributed by atoms with Gasteiger partial charge in [-0.25, -0.2) is 21.9 Å². The quantitative estimate of drug-likeness (QED) is 0.144. The fraction of sp³-hybridized carbons (Fsp3) is 0.0588. The number of rotatable bonds is 7. The van der Waals surface area contributed by atoms with E-state index < -0.39 is 54.7 Å². The Kier molecular flexibility index (Phi) is 7.69. The molecule has 232 valence electrons. The molecule has 0 radical (unpaired) electrons. The van der Waals surface area contributed by atoms with Crippen LogP contribution in [0.15, 0.2) is 137 Å². The molecular weight excluding hydrogens is 625 g/mol. The summed E-state index contributed by atoms with van der Waals surface area (Å²) in [7, 11) is -4.58. The molecule has 1 heterocycles. The van der Waals surface area contributed by atoms with Crippen LogP contribution in [0.1, 0.15) is 16.7 Å². The largest absolute Gasteiger partial charge is 0.471 e. The number of hydrogen-bond donors (Lipinski definition) is 1. The number of nitrogens with zero attached hydrogens (tertiary/aromatic N) is 2. The van der Waals surface area contributed by atoms with Crippen LogP contribution in [0, 0.1) is 11.6 Å². The highest BCUT2D eigenvalue weighted by Gasteiger charge is 2.43. The first-order valence-corrected chi connectivity index (χ1v) is 15.2. The van der Waals surface area contributed by atoms with Crippen molar-refractivity contribution < 1.29 is 35.2 Å². The fourth-order valence-corrected chi connectivity index (χ4v) is 6.84. The van der Waals surface area contributed by atoms with Crippen LogP contribution in [-0.4, -0.2) is 30.3 Å². The van der Waals surface area contributed by atoms with Crippen LogP contribution in [0.25, 0.3) is 10.9 Å². The number of alkyl halides is 3. The molecule has 46 heavy (non-hydrogen) atoms. The zero-order chi connectivity index (χ0) is 32.7. The van der Waals surface area contributed by atoms with Gasteiger partial charge in [0.1, 0.15) is 17.2 Å². The summed E-state index contributed by atoms with van der Waals surface area (Å²) in [4.78, 5) is 11.0. The molecule has 1 N–H and O–H groups in total. The minimum absolute atomic E-state index is 0.151. The molecule has 1 amide bonds. The highest BCUT2D eigenvalue weighted by atomic mass is 32.2. The molecule has 0 unspecified atom stereocenters. The van der Waals surface area contributed by atoms with E-state index in [1.165, 1.54) is 16.8 Å². The Bertz CT molecular complexity index is 2050. The van der Waals surface area contributed by atoms with Crippen molar-refractivity contribution in [3.05, 3.63) is 156 Å². The van der Waals surface area contributed by atoms with Gasteiger partial charge < -0.3 is 5.32 Å². The van der Waals surface area contributed by atoms with E-state index in [-0.39, 0.29) is 10.9 Å². The summed E-state index contributed by atoms with van der Waals surface area (Å²) in [5.74, 6) is -5.18. The minimum atomic E-state index is -5.30. The lowest BCUT2D eigenvalue weighted by Crippen LogP contribution is -2.38. The zero-order valence-electron chi connectivity index (χ0n) is 23.5. The van der Waals surface area contributed by atoms with Gasteiger partial charge in [-0.15, -0.1) is 0 Å². The Hall–Kier alpha value is -5.36. The third kappa shape index (κ3) is 5.30. The predicted molar refractivity (Wildman–Crippen MR) is 161 cm³/mol. The average Bonchev–Trinajstić information content (AvgIpc) is 3.39. The Morgan fingerprint density at radius 1 is 0.652 bits per heavy atom. The van der Waals surface area contributed by atoms with Gasteiger partial charge in [-0.3, -0.25) is 4.79 Å². The Morgan fingerprint density at radius 2 is 1.13 bits per heavy atom. The van der Waals surface area contributed by atoms with Gasteiger partial charge in [0, 0.05) is 11.5 Å². The van der Waals surface area contributed by atoms with Gasteiger partial charge in [-0.2, -0.15) is 18.3 Å². The second kappa shape index (κ2) is 11.5. The summed E-state index contributed by atoms with van der Waals surface area (Å²) < 4.78 is 97.0. The van der Waals surface area contributed by atoms with Gasteiger partial charge in [0.15, 0.2) is 5.82 Å². The van der Waals surface area contributed by atoms with E-state index in [0.717, 1.165) is 6.07 Å². The van der Waals surface area contributed by atoms with Crippen LogP contribution in [-0.2, 0) is 20.2 Å². The SMILES string of the molecule is O=C(Nc1nn(C(c2ccccc2)(c2ccccc2)c2ccccc2)c2ccc(S(=O)(=O)c3cc(F)cc(F)c3)cc12)C(F)(F)F. The molecule has 0 spiro atoms. The second-order valence-electron chi connectivity index (χ2n) is 10.3. The molecule has 12 heteroatoms. The normalized spacial score (nSPS) is 12.3. The second-order valence-corrected chi connectivity index (χ2v) is 12.3. The van der Waals surface area contributed by atoms with Crippen molar-refractivity contribution in [2.45, 2.75) is 21.5 Å². The number of anilines is 1. The number of carbonyl (C=O) groups excluding carboxylic acids is 1. The standard InChI is InChI=1S/C34H22F5N3O3S/c35-25-18-26(36)20-28(19-25)46(44,45)27-16-17-30-29(21-27)31(40-32(43)34(37,38)39)41-42(30)33(22-10-4-1-5-11-22,23-12-6-2-7-13-23)24-14-8-3-9-15-24/h1-21H,(H,40,41,43). The average molecular weight is 648 g/mol. The molecule has 6 nitrogen and oxygen atoms in total. The zero-order valence-corrected chi connectivity index (χ0v) is 24.4. The number of carbonyl (C=O) groups is 1. The predicted octanol–water partition coefficient (Wildman–Crippen LogP) is 7.49. The monoisotopic (exact) mass is 647 g/mol. The van der Waals surface area contributed by atoms with Crippen LogP contribution in [0.4, 0.5) is 27.8 Å². The molecule has 0 saturated heterocycles. The lowest BCUT2D eigenvalue weighted by Gasteiger charge is -2.37. The van der Waals surface area contributed by atoms with E-state index in [0.29, 0.717) is 34.9 Å². The number of halogens is 5. The van der Waals surface area contributed by atoms with Crippen LogP contribution in [0.3, 0.4) is 0 Å². The van der Waals surface area contributed by atoms with Crippen LogP contribution in [0.2, 0.25) is 0 Å². The first kappa shape index (κ1) is 30.7. The van der Waals surface area contributed by atoms with Crippen molar-refractivity contribution in [3.63, 3.8) is 0 Å². The van der Waals surface area contributed by atoms with Crippen LogP contribution < -0.4 is 5.32 Å². The summed E-state index contributed by atoms with van der Waals surface area (Å²) in [6.07, 6.45) is -5.30.